The van der Waals surface area contributed by atoms with Crippen molar-refractivity contribution < 1.29 is 14.9 Å². The van der Waals surface area contributed by atoms with Crippen molar-refractivity contribution in [3.8, 4) is 0 Å². The summed E-state index contributed by atoms with van der Waals surface area (Å²) in [6.07, 6.45) is 0.734. The highest BCUT2D eigenvalue weighted by atomic mass is 16.6. The van der Waals surface area contributed by atoms with E-state index in [1.54, 1.807) is 23.1 Å². The molecule has 0 unspecified atom stereocenters. The quantitative estimate of drug-likeness (QED) is 0.712. The van der Waals surface area contributed by atoms with Gasteiger partial charge in [0.05, 0.1) is 4.91 Å². The number of H-pyrrole nitrogens is 1. The molecule has 6 heteroatoms. The number of nitrogens with zero attached hydrogens (tertiary/aromatic N) is 2. The van der Waals surface area contributed by atoms with Gasteiger partial charge in [0, 0.05) is 47.7 Å². The average Bonchev–Trinajstić information content (AvgIpc) is 2.99. The second-order valence-electron chi connectivity index (χ2n) is 5.89. The van der Waals surface area contributed by atoms with Gasteiger partial charge in [-0.3, -0.25) is 4.79 Å². The summed E-state index contributed by atoms with van der Waals surface area (Å²) in [4.78, 5) is 29.0. The molecule has 0 atom stereocenters. The van der Waals surface area contributed by atoms with Crippen LogP contribution < -0.4 is 0 Å². The number of aromatic nitrogens is 1. The van der Waals surface area contributed by atoms with E-state index in [1.165, 1.54) is 6.07 Å². The third kappa shape index (κ3) is 2.23. The fourth-order valence-corrected chi connectivity index (χ4v) is 3.33. The Kier molecular flexibility index (Phi) is 3.30. The molecule has 24 heavy (non-hydrogen) atoms. The van der Waals surface area contributed by atoms with E-state index >= 15 is 0 Å². The molecule has 1 amide bonds. The lowest BCUT2D eigenvalue weighted by molar-refractivity contribution is -0.729. The Bertz CT molecular complexity index is 961. The van der Waals surface area contributed by atoms with Crippen LogP contribution >= 0.6 is 0 Å². The summed E-state index contributed by atoms with van der Waals surface area (Å²) in [7, 11) is 0. The van der Waals surface area contributed by atoms with E-state index in [0.717, 1.165) is 28.6 Å². The van der Waals surface area contributed by atoms with Crippen molar-refractivity contribution in [2.24, 2.45) is 0 Å². The maximum Gasteiger partial charge on any atom is 0.329 e. The molecule has 120 valence electrons. The molecule has 0 fully saturated rings. The van der Waals surface area contributed by atoms with Gasteiger partial charge < -0.3 is 9.88 Å². The van der Waals surface area contributed by atoms with Crippen LogP contribution in [-0.4, -0.2) is 32.5 Å². The fourth-order valence-electron chi connectivity index (χ4n) is 3.33. The van der Waals surface area contributed by atoms with Gasteiger partial charge in [-0.1, -0.05) is 30.3 Å². The van der Waals surface area contributed by atoms with Gasteiger partial charge in [0.1, 0.15) is 5.56 Å². The molecule has 0 saturated heterocycles. The number of hydrogen-bond donors (Lipinski definition) is 2. The van der Waals surface area contributed by atoms with Crippen molar-refractivity contribution in [2.45, 2.75) is 13.0 Å². The lowest BCUT2D eigenvalue weighted by atomic mass is 10.0. The molecule has 1 aliphatic rings. The predicted molar refractivity (Wildman–Crippen MR) is 88.3 cm³/mol. The number of para-hydroxylation sites is 2. The molecule has 0 radical (unpaired) electrons. The van der Waals surface area contributed by atoms with Crippen LogP contribution in [0.15, 0.2) is 48.5 Å². The zero-order valence-electron chi connectivity index (χ0n) is 12.9. The normalized spacial score (nSPS) is 13.8. The van der Waals surface area contributed by atoms with Crippen molar-refractivity contribution >= 4 is 22.5 Å². The van der Waals surface area contributed by atoms with Crippen molar-refractivity contribution in [3.05, 3.63) is 70.3 Å². The smallest absolute Gasteiger partial charge is 0.329 e. The number of carbonyl (C=O) groups is 1. The predicted octanol–water partition coefficient (Wildman–Crippen LogP) is 3.17. The number of fused-ring (bicyclic) bond motifs is 3. The molecule has 0 spiro atoms. The summed E-state index contributed by atoms with van der Waals surface area (Å²) >= 11 is 0. The summed E-state index contributed by atoms with van der Waals surface area (Å²) in [5.41, 5.74) is 3.51. The minimum atomic E-state index is -0.256. The second-order valence-corrected chi connectivity index (χ2v) is 5.89. The molecular weight excluding hydrogens is 306 g/mol. The van der Waals surface area contributed by atoms with Crippen LogP contribution in [0.2, 0.25) is 0 Å². The first-order valence-corrected chi connectivity index (χ1v) is 7.78. The Morgan fingerprint density at radius 3 is 2.71 bits per heavy atom. The maximum absolute atomic E-state index is 12.8. The molecular formula is C18H16N3O3+. The molecule has 0 saturated carbocycles. The fraction of sp³-hybridized carbons (Fsp3) is 0.167. The number of rotatable bonds is 2. The number of nitrogens with one attached hydrogen (secondary N) is 1. The first-order valence-electron chi connectivity index (χ1n) is 7.78. The molecule has 2 N–H and O–H groups in total. The van der Waals surface area contributed by atoms with Gasteiger partial charge in [0.15, 0.2) is 0 Å². The van der Waals surface area contributed by atoms with E-state index in [-0.39, 0.29) is 22.1 Å². The minimum Gasteiger partial charge on any atom is -0.358 e. The minimum absolute atomic E-state index is 0.0350. The number of aromatic amines is 1. The average molecular weight is 322 g/mol. The number of carbonyl (C=O) groups excluding carboxylic acids is 1. The highest BCUT2D eigenvalue weighted by molar-refractivity contribution is 5.98. The van der Waals surface area contributed by atoms with E-state index in [4.69, 9.17) is 0 Å². The zero-order chi connectivity index (χ0) is 16.7. The van der Waals surface area contributed by atoms with Crippen molar-refractivity contribution in [1.29, 1.82) is 0 Å². The van der Waals surface area contributed by atoms with Crippen LogP contribution in [0.3, 0.4) is 0 Å². The molecule has 3 aromatic rings. The topological polar surface area (TPSA) is 76.4 Å². The Labute approximate surface area is 137 Å². The zero-order valence-corrected chi connectivity index (χ0v) is 12.9. The van der Waals surface area contributed by atoms with E-state index in [0.29, 0.717) is 13.1 Å². The number of hydrogen-bond acceptors (Lipinski definition) is 2. The Balaban J connectivity index is 1.70. The molecule has 2 heterocycles. The van der Waals surface area contributed by atoms with Crippen molar-refractivity contribution in [3.63, 3.8) is 0 Å². The molecule has 1 aliphatic heterocycles. The third-order valence-corrected chi connectivity index (χ3v) is 4.51. The third-order valence-electron chi connectivity index (χ3n) is 4.51. The molecule has 2 aromatic carbocycles. The van der Waals surface area contributed by atoms with Gasteiger partial charge in [-0.15, -0.1) is 0 Å². The lowest BCUT2D eigenvalue weighted by Crippen LogP contribution is -2.36. The Morgan fingerprint density at radius 2 is 1.88 bits per heavy atom. The summed E-state index contributed by atoms with van der Waals surface area (Å²) in [5.74, 6) is -0.253. The summed E-state index contributed by atoms with van der Waals surface area (Å²) < 4.78 is 0. The van der Waals surface area contributed by atoms with Crippen LogP contribution in [0.1, 0.15) is 21.6 Å². The standard InChI is InChI=1S/C18H16N3O3/c22-18(13-6-2-4-8-17(13)21(23)24)20-10-9-16-14(11-20)12-5-1-3-7-15(12)19-16/h1-8,19H,9-11H2,(H,23,24)/q+1. The number of benzene rings is 2. The van der Waals surface area contributed by atoms with E-state index in [1.807, 2.05) is 24.3 Å². The van der Waals surface area contributed by atoms with Crippen LogP contribution in [0.25, 0.3) is 10.9 Å². The summed E-state index contributed by atoms with van der Waals surface area (Å²) in [6, 6.07) is 14.3. The van der Waals surface area contributed by atoms with Gasteiger partial charge in [-0.05, 0) is 12.1 Å². The molecule has 6 nitrogen and oxygen atoms in total. The first kappa shape index (κ1) is 14.4. The first-order chi connectivity index (χ1) is 11.6. The van der Waals surface area contributed by atoms with Gasteiger partial charge in [-0.2, -0.15) is 0 Å². The molecule has 0 aliphatic carbocycles. The van der Waals surface area contributed by atoms with Crippen LogP contribution in [0, 0.1) is 4.91 Å². The van der Waals surface area contributed by atoms with Gasteiger partial charge >= 0.3 is 5.69 Å². The van der Waals surface area contributed by atoms with E-state index in [9.17, 15) is 14.9 Å². The van der Waals surface area contributed by atoms with Crippen LogP contribution in [-0.2, 0) is 13.0 Å². The molecule has 1 aromatic heterocycles. The van der Waals surface area contributed by atoms with E-state index < -0.39 is 0 Å². The highest BCUT2D eigenvalue weighted by Crippen LogP contribution is 2.29. The second kappa shape index (κ2) is 5.49. The number of amides is 1. The van der Waals surface area contributed by atoms with Gasteiger partial charge in [0.2, 0.25) is 0 Å². The van der Waals surface area contributed by atoms with Gasteiger partial charge in [0.25, 0.3) is 10.8 Å². The summed E-state index contributed by atoms with van der Waals surface area (Å²) in [6.45, 7) is 1.05. The highest BCUT2D eigenvalue weighted by Gasteiger charge is 2.30. The van der Waals surface area contributed by atoms with Crippen LogP contribution in [0.5, 0.6) is 0 Å². The summed E-state index contributed by atoms with van der Waals surface area (Å²) in [5, 5.41) is 10.3. The van der Waals surface area contributed by atoms with Crippen LogP contribution in [0.4, 0.5) is 5.69 Å². The molecule has 0 bridgehead atoms. The lowest BCUT2D eigenvalue weighted by Gasteiger charge is -2.27. The van der Waals surface area contributed by atoms with Crippen molar-refractivity contribution in [2.75, 3.05) is 6.54 Å². The molecule has 4 rings (SSSR count). The Morgan fingerprint density at radius 1 is 1.12 bits per heavy atom. The SMILES string of the molecule is O=C(c1ccccc1[N+](=O)O)N1CCc2[nH]c3ccccc3c2C1. The Hall–Kier alpha value is -3.15. The van der Waals surface area contributed by atoms with Crippen molar-refractivity contribution in [1.82, 2.24) is 9.88 Å². The van der Waals surface area contributed by atoms with E-state index in [2.05, 4.69) is 4.98 Å². The van der Waals surface area contributed by atoms with Gasteiger partial charge in [-0.25, -0.2) is 5.21 Å². The monoisotopic (exact) mass is 322 g/mol. The largest absolute Gasteiger partial charge is 0.358 e. The maximum atomic E-state index is 12.8.